The fraction of sp³-hybridized carbons (Fsp3) is 0.120. The molecule has 0 fully saturated rings. The molecule has 3 aromatic heterocycles. The van der Waals surface area contributed by atoms with Gasteiger partial charge in [-0.1, -0.05) is 98.8 Å². The van der Waals surface area contributed by atoms with Gasteiger partial charge >= 0.3 is 0 Å². The average Bonchev–Trinajstić information content (AvgIpc) is 3.86. The summed E-state index contributed by atoms with van der Waals surface area (Å²) in [4.78, 5) is 4.81. The average molecular weight is 747 g/mol. The van der Waals surface area contributed by atoms with E-state index in [2.05, 4.69) is 110 Å². The third-order valence-corrected chi connectivity index (χ3v) is 10.2. The SMILES string of the molecule is Cc1cc(OCc2ccccc2)c(-c2cnn(-c3cccc(Oc4ccc5c6ccccc6n(-c6cc(C(C)C)ccn6)c5c4)c3)c2)c(OCc2ccccc2)c1. The molecule has 0 unspecified atom stereocenters. The first kappa shape index (κ1) is 35.6. The lowest BCUT2D eigenvalue weighted by atomic mass is 10.0. The van der Waals surface area contributed by atoms with Gasteiger partial charge in [-0.05, 0) is 89.7 Å². The highest BCUT2D eigenvalue weighted by atomic mass is 16.5. The topological polar surface area (TPSA) is 63.3 Å². The number of rotatable bonds is 12. The summed E-state index contributed by atoms with van der Waals surface area (Å²) in [5.41, 5.74) is 9.17. The van der Waals surface area contributed by atoms with E-state index in [4.69, 9.17) is 24.3 Å². The van der Waals surface area contributed by atoms with Crippen molar-refractivity contribution in [1.82, 2.24) is 19.3 Å². The van der Waals surface area contributed by atoms with E-state index in [1.165, 1.54) is 10.9 Å². The Labute approximate surface area is 332 Å². The predicted octanol–water partition coefficient (Wildman–Crippen LogP) is 12.4. The van der Waals surface area contributed by atoms with Crippen LogP contribution in [0.5, 0.6) is 23.0 Å². The molecule has 0 spiro atoms. The molecule has 9 aromatic rings. The highest BCUT2D eigenvalue weighted by molar-refractivity contribution is 6.09. The largest absolute Gasteiger partial charge is 0.488 e. The third kappa shape index (κ3) is 7.48. The maximum Gasteiger partial charge on any atom is 0.137 e. The molecule has 0 aliphatic heterocycles. The second-order valence-corrected chi connectivity index (χ2v) is 14.6. The van der Waals surface area contributed by atoms with Gasteiger partial charge in [0, 0.05) is 40.9 Å². The van der Waals surface area contributed by atoms with Crippen LogP contribution in [0, 0.1) is 6.92 Å². The van der Waals surface area contributed by atoms with Crippen LogP contribution in [0.2, 0.25) is 0 Å². The van der Waals surface area contributed by atoms with Crippen molar-refractivity contribution in [3.63, 3.8) is 0 Å². The first-order valence-corrected chi connectivity index (χ1v) is 19.3. The van der Waals surface area contributed by atoms with Crippen molar-refractivity contribution in [2.45, 2.75) is 39.9 Å². The predicted molar refractivity (Wildman–Crippen MR) is 228 cm³/mol. The number of hydrogen-bond acceptors (Lipinski definition) is 5. The summed E-state index contributed by atoms with van der Waals surface area (Å²) in [7, 11) is 0. The summed E-state index contributed by atoms with van der Waals surface area (Å²) in [6.07, 6.45) is 5.77. The molecule has 7 nitrogen and oxygen atoms in total. The fourth-order valence-corrected chi connectivity index (χ4v) is 7.30. The van der Waals surface area contributed by atoms with E-state index < -0.39 is 0 Å². The van der Waals surface area contributed by atoms with Gasteiger partial charge in [0.15, 0.2) is 0 Å². The van der Waals surface area contributed by atoms with Crippen LogP contribution in [0.1, 0.15) is 42.0 Å². The molecular weight excluding hydrogens is 705 g/mol. The number of para-hydroxylation sites is 1. The second kappa shape index (κ2) is 15.6. The number of benzene rings is 6. The first-order valence-electron chi connectivity index (χ1n) is 19.3. The Balaban J connectivity index is 1.04. The van der Waals surface area contributed by atoms with Crippen LogP contribution in [0.25, 0.3) is 44.4 Å². The monoisotopic (exact) mass is 746 g/mol. The Bertz CT molecular complexity index is 2760. The van der Waals surface area contributed by atoms with Gasteiger partial charge in [0.05, 0.1) is 28.5 Å². The lowest BCUT2D eigenvalue weighted by Gasteiger charge is -2.17. The molecule has 3 heterocycles. The smallest absolute Gasteiger partial charge is 0.137 e. The fourth-order valence-electron chi connectivity index (χ4n) is 7.30. The van der Waals surface area contributed by atoms with Gasteiger partial charge in [-0.2, -0.15) is 5.10 Å². The zero-order chi connectivity index (χ0) is 38.7. The first-order chi connectivity index (χ1) is 28.0. The highest BCUT2D eigenvalue weighted by Crippen LogP contribution is 2.41. The van der Waals surface area contributed by atoms with E-state index in [1.54, 1.807) is 0 Å². The molecule has 57 heavy (non-hydrogen) atoms. The van der Waals surface area contributed by atoms with Crippen molar-refractivity contribution in [3.8, 4) is 45.6 Å². The molecule has 0 aliphatic carbocycles. The molecule has 0 saturated heterocycles. The number of ether oxygens (including phenoxy) is 3. The summed E-state index contributed by atoms with van der Waals surface area (Å²) < 4.78 is 23.7. The number of aromatic nitrogens is 4. The molecule has 9 rings (SSSR count). The third-order valence-electron chi connectivity index (χ3n) is 10.2. The molecule has 0 bridgehead atoms. The normalized spacial score (nSPS) is 11.4. The van der Waals surface area contributed by atoms with Gasteiger partial charge in [-0.25, -0.2) is 9.67 Å². The van der Waals surface area contributed by atoms with Crippen LogP contribution in [0.15, 0.2) is 170 Å². The van der Waals surface area contributed by atoms with Crippen LogP contribution < -0.4 is 14.2 Å². The molecular formula is C50H42N4O3. The van der Waals surface area contributed by atoms with Crippen LogP contribution in [0.4, 0.5) is 0 Å². The maximum absolute atomic E-state index is 6.57. The molecule has 280 valence electrons. The van der Waals surface area contributed by atoms with Gasteiger partial charge in [-0.3, -0.25) is 4.57 Å². The van der Waals surface area contributed by atoms with Crippen molar-refractivity contribution < 1.29 is 14.2 Å². The number of aryl methyl sites for hydroxylation is 1. The van der Waals surface area contributed by atoms with Gasteiger partial charge in [-0.15, -0.1) is 0 Å². The molecule has 7 heteroatoms. The minimum atomic E-state index is 0.388. The second-order valence-electron chi connectivity index (χ2n) is 14.6. The van der Waals surface area contributed by atoms with E-state index in [-0.39, 0.29) is 0 Å². The van der Waals surface area contributed by atoms with Crippen LogP contribution in [0.3, 0.4) is 0 Å². The number of fused-ring (bicyclic) bond motifs is 3. The number of pyridine rings is 1. The van der Waals surface area contributed by atoms with E-state index >= 15 is 0 Å². The Morgan fingerprint density at radius 1 is 0.614 bits per heavy atom. The van der Waals surface area contributed by atoms with E-state index in [0.717, 1.165) is 73.0 Å². The van der Waals surface area contributed by atoms with Crippen LogP contribution in [-0.2, 0) is 13.2 Å². The lowest BCUT2D eigenvalue weighted by molar-refractivity contribution is 0.292. The quantitative estimate of drug-likeness (QED) is 0.125. The van der Waals surface area contributed by atoms with Crippen LogP contribution >= 0.6 is 0 Å². The van der Waals surface area contributed by atoms with E-state index in [1.807, 2.05) is 90.0 Å². The van der Waals surface area contributed by atoms with E-state index in [0.29, 0.717) is 24.9 Å². The zero-order valence-corrected chi connectivity index (χ0v) is 32.2. The Hall–Kier alpha value is -7.12. The van der Waals surface area contributed by atoms with Gasteiger partial charge in [0.1, 0.15) is 42.0 Å². The van der Waals surface area contributed by atoms with Crippen molar-refractivity contribution in [2.75, 3.05) is 0 Å². The summed E-state index contributed by atoms with van der Waals surface area (Å²) in [6, 6.07) is 51.5. The Kier molecular flexibility index (Phi) is 9.71. The standard InChI is InChI=1S/C50H42N4O3/c1-34(2)38-23-24-51-49(27-38)54-45-20-11-10-19-43(45)44-22-21-42(29-46(44)54)57-41-18-12-17-40(28-41)53-31-39(30-52-53)50-47(55-32-36-13-6-4-7-14-36)25-35(3)26-48(50)56-33-37-15-8-5-9-16-37/h4-31,34H,32-33H2,1-3H3. The van der Waals surface area contributed by atoms with Crippen LogP contribution in [-0.4, -0.2) is 19.3 Å². The highest BCUT2D eigenvalue weighted by Gasteiger charge is 2.19. The van der Waals surface area contributed by atoms with Gasteiger partial charge < -0.3 is 14.2 Å². The number of nitrogens with zero attached hydrogens (tertiary/aromatic N) is 4. The molecule has 0 saturated carbocycles. The zero-order valence-electron chi connectivity index (χ0n) is 32.2. The van der Waals surface area contributed by atoms with E-state index in [9.17, 15) is 0 Å². The minimum Gasteiger partial charge on any atom is -0.488 e. The summed E-state index contributed by atoms with van der Waals surface area (Å²) in [5.74, 6) is 4.16. The summed E-state index contributed by atoms with van der Waals surface area (Å²) >= 11 is 0. The van der Waals surface area contributed by atoms with Gasteiger partial charge in [0.25, 0.3) is 0 Å². The lowest BCUT2D eigenvalue weighted by Crippen LogP contribution is -2.01. The van der Waals surface area contributed by atoms with Crippen molar-refractivity contribution in [2.24, 2.45) is 0 Å². The maximum atomic E-state index is 6.57. The molecule has 0 atom stereocenters. The minimum absolute atomic E-state index is 0.388. The van der Waals surface area contributed by atoms with Gasteiger partial charge in [0.2, 0.25) is 0 Å². The van der Waals surface area contributed by atoms with Crippen molar-refractivity contribution >= 4 is 21.8 Å². The van der Waals surface area contributed by atoms with Crippen molar-refractivity contribution in [3.05, 3.63) is 193 Å². The molecule has 0 N–H and O–H groups in total. The summed E-state index contributed by atoms with van der Waals surface area (Å²) in [5, 5.41) is 7.13. The summed E-state index contributed by atoms with van der Waals surface area (Å²) in [6.45, 7) is 7.32. The Morgan fingerprint density at radius 2 is 1.28 bits per heavy atom. The number of hydrogen-bond donors (Lipinski definition) is 0. The molecule has 6 aromatic carbocycles. The molecule has 0 amide bonds. The molecule has 0 radical (unpaired) electrons. The Morgan fingerprint density at radius 3 is 2.00 bits per heavy atom. The van der Waals surface area contributed by atoms with Crippen molar-refractivity contribution in [1.29, 1.82) is 0 Å². The molecule has 0 aliphatic rings.